The first-order valence-electron chi connectivity index (χ1n) is 8.30. The second-order valence-corrected chi connectivity index (χ2v) is 6.17. The fourth-order valence-corrected chi connectivity index (χ4v) is 3.10. The second kappa shape index (κ2) is 7.40. The van der Waals surface area contributed by atoms with Gasteiger partial charge in [-0.1, -0.05) is 29.8 Å². The Labute approximate surface area is 142 Å². The van der Waals surface area contributed by atoms with Crippen molar-refractivity contribution in [1.82, 2.24) is 20.2 Å². The number of hydrogen-bond acceptors (Lipinski definition) is 5. The molecule has 2 heterocycles. The lowest BCUT2D eigenvalue weighted by Gasteiger charge is -2.28. The van der Waals surface area contributed by atoms with Crippen LogP contribution in [0.4, 0.5) is 5.82 Å². The molecule has 0 saturated carbocycles. The summed E-state index contributed by atoms with van der Waals surface area (Å²) >= 11 is 0. The van der Waals surface area contributed by atoms with E-state index in [9.17, 15) is 4.79 Å². The van der Waals surface area contributed by atoms with Crippen LogP contribution in [-0.2, 0) is 0 Å². The summed E-state index contributed by atoms with van der Waals surface area (Å²) in [6, 6.07) is 8.67. The third kappa shape index (κ3) is 3.71. The molecule has 1 aromatic carbocycles. The molecule has 1 saturated heterocycles. The van der Waals surface area contributed by atoms with Crippen LogP contribution in [0, 0.1) is 6.92 Å². The summed E-state index contributed by atoms with van der Waals surface area (Å²) < 4.78 is 0. The van der Waals surface area contributed by atoms with Crippen LogP contribution >= 0.6 is 0 Å². The van der Waals surface area contributed by atoms with Crippen LogP contribution in [0.5, 0.6) is 0 Å². The highest BCUT2D eigenvalue weighted by Crippen LogP contribution is 2.25. The average molecular weight is 325 g/mol. The third-order valence-electron chi connectivity index (χ3n) is 4.44. The molecular formula is C18H23N5O. The highest BCUT2D eigenvalue weighted by atomic mass is 16.1. The van der Waals surface area contributed by atoms with Gasteiger partial charge in [-0.2, -0.15) is 0 Å². The van der Waals surface area contributed by atoms with Gasteiger partial charge in [0.1, 0.15) is 0 Å². The van der Waals surface area contributed by atoms with E-state index < -0.39 is 0 Å². The first kappa shape index (κ1) is 16.4. The maximum Gasteiger partial charge on any atom is 0.273 e. The quantitative estimate of drug-likeness (QED) is 0.877. The van der Waals surface area contributed by atoms with E-state index in [1.54, 1.807) is 0 Å². The lowest BCUT2D eigenvalue weighted by molar-refractivity contribution is 0.0933. The van der Waals surface area contributed by atoms with Gasteiger partial charge in [0.05, 0.1) is 6.04 Å². The molecule has 24 heavy (non-hydrogen) atoms. The normalized spacial score (nSPS) is 16.0. The molecule has 1 aliphatic rings. The van der Waals surface area contributed by atoms with Crippen molar-refractivity contribution in [3.05, 3.63) is 53.5 Å². The summed E-state index contributed by atoms with van der Waals surface area (Å²) in [7, 11) is 0. The molecule has 3 rings (SSSR count). The predicted octanol–water partition coefficient (Wildman–Crippen LogP) is 1.93. The summed E-state index contributed by atoms with van der Waals surface area (Å²) in [5.74, 6) is -0.125. The molecule has 1 fully saturated rings. The van der Waals surface area contributed by atoms with Crippen molar-refractivity contribution >= 4 is 11.7 Å². The molecule has 1 aliphatic heterocycles. The van der Waals surface area contributed by atoms with Gasteiger partial charge < -0.3 is 11.1 Å². The van der Waals surface area contributed by atoms with Gasteiger partial charge >= 0.3 is 0 Å². The lowest BCUT2D eigenvalue weighted by atomic mass is 10.0. The monoisotopic (exact) mass is 325 g/mol. The van der Waals surface area contributed by atoms with E-state index in [1.807, 2.05) is 0 Å². The highest BCUT2D eigenvalue weighted by molar-refractivity contribution is 5.96. The number of nitrogens with zero attached hydrogens (tertiary/aromatic N) is 3. The van der Waals surface area contributed by atoms with E-state index in [0.29, 0.717) is 6.54 Å². The topological polar surface area (TPSA) is 84.1 Å². The number of amides is 1. The van der Waals surface area contributed by atoms with E-state index in [1.165, 1.54) is 36.4 Å². The molecule has 126 valence electrons. The summed E-state index contributed by atoms with van der Waals surface area (Å²) in [5.41, 5.74) is 8.36. The molecule has 0 unspecified atom stereocenters. The van der Waals surface area contributed by atoms with Crippen LogP contribution in [0.15, 0.2) is 36.7 Å². The zero-order chi connectivity index (χ0) is 16.9. The summed E-state index contributed by atoms with van der Waals surface area (Å²) in [6.07, 6.45) is 5.36. The molecule has 1 aromatic heterocycles. The van der Waals surface area contributed by atoms with Gasteiger partial charge in [0.2, 0.25) is 0 Å². The van der Waals surface area contributed by atoms with Crippen LogP contribution < -0.4 is 11.1 Å². The molecule has 0 radical (unpaired) electrons. The van der Waals surface area contributed by atoms with Gasteiger partial charge in [-0.05, 0) is 38.4 Å². The smallest absolute Gasteiger partial charge is 0.273 e. The van der Waals surface area contributed by atoms with E-state index in [-0.39, 0.29) is 23.5 Å². The number of likely N-dealkylation sites (tertiary alicyclic amines) is 1. The fourth-order valence-electron chi connectivity index (χ4n) is 3.10. The van der Waals surface area contributed by atoms with E-state index in [4.69, 9.17) is 5.73 Å². The van der Waals surface area contributed by atoms with Crippen LogP contribution in [0.3, 0.4) is 0 Å². The Hall–Kier alpha value is -2.47. The van der Waals surface area contributed by atoms with Gasteiger partial charge in [-0.3, -0.25) is 9.69 Å². The third-order valence-corrected chi connectivity index (χ3v) is 4.44. The summed E-state index contributed by atoms with van der Waals surface area (Å²) in [5, 5.41) is 2.97. The molecule has 6 heteroatoms. The van der Waals surface area contributed by atoms with Crippen molar-refractivity contribution < 1.29 is 4.79 Å². The number of carbonyl (C=O) groups is 1. The number of aryl methyl sites for hydroxylation is 1. The highest BCUT2D eigenvalue weighted by Gasteiger charge is 2.24. The van der Waals surface area contributed by atoms with Crippen LogP contribution in [0.25, 0.3) is 0 Å². The Morgan fingerprint density at radius 3 is 2.54 bits per heavy atom. The second-order valence-electron chi connectivity index (χ2n) is 6.17. The Kier molecular flexibility index (Phi) is 5.05. The Balaban J connectivity index is 1.73. The van der Waals surface area contributed by atoms with Gasteiger partial charge in [0, 0.05) is 18.9 Å². The number of nitrogen functional groups attached to an aromatic ring is 1. The van der Waals surface area contributed by atoms with Crippen molar-refractivity contribution in [3.8, 4) is 0 Å². The molecule has 0 bridgehead atoms. The van der Waals surface area contributed by atoms with Crippen molar-refractivity contribution in [2.75, 3.05) is 25.4 Å². The van der Waals surface area contributed by atoms with Gasteiger partial charge in [-0.15, -0.1) is 0 Å². The zero-order valence-corrected chi connectivity index (χ0v) is 13.9. The van der Waals surface area contributed by atoms with Gasteiger partial charge in [0.15, 0.2) is 11.5 Å². The maximum atomic E-state index is 12.4. The summed E-state index contributed by atoms with van der Waals surface area (Å²) in [6.45, 7) is 4.72. The standard InChI is InChI=1S/C18H23N5O/c1-13-4-6-14(7-5-13)15(23-10-2-3-11-23)12-22-18(24)16-17(19)21-9-8-20-16/h4-9,15H,2-3,10-12H2,1H3,(H2,19,21)(H,22,24)/t15-/m1/s1. The first-order chi connectivity index (χ1) is 11.6. The molecular weight excluding hydrogens is 302 g/mol. The van der Waals surface area contributed by atoms with Crippen LogP contribution in [-0.4, -0.2) is 40.4 Å². The van der Waals surface area contributed by atoms with Crippen molar-refractivity contribution in [3.63, 3.8) is 0 Å². The molecule has 0 aliphatic carbocycles. The minimum absolute atomic E-state index is 0.156. The van der Waals surface area contributed by atoms with Crippen molar-refractivity contribution in [2.24, 2.45) is 0 Å². The van der Waals surface area contributed by atoms with Crippen molar-refractivity contribution in [2.45, 2.75) is 25.8 Å². The number of hydrogen-bond donors (Lipinski definition) is 2. The Morgan fingerprint density at radius 2 is 1.88 bits per heavy atom. The van der Waals surface area contributed by atoms with Gasteiger partial charge in [-0.25, -0.2) is 9.97 Å². The number of nitrogens with one attached hydrogen (secondary N) is 1. The average Bonchev–Trinajstić information content (AvgIpc) is 3.11. The number of anilines is 1. The number of aromatic nitrogens is 2. The number of rotatable bonds is 5. The van der Waals surface area contributed by atoms with Crippen LogP contribution in [0.2, 0.25) is 0 Å². The molecule has 0 spiro atoms. The molecule has 3 N–H and O–H groups in total. The Bertz CT molecular complexity index is 695. The molecule has 2 aromatic rings. The molecule has 1 amide bonds. The predicted molar refractivity (Wildman–Crippen MR) is 93.5 cm³/mol. The maximum absolute atomic E-state index is 12.4. The largest absolute Gasteiger partial charge is 0.382 e. The lowest BCUT2D eigenvalue weighted by Crippen LogP contribution is -2.37. The van der Waals surface area contributed by atoms with Crippen LogP contribution in [0.1, 0.15) is 40.5 Å². The summed E-state index contributed by atoms with van der Waals surface area (Å²) in [4.78, 5) is 22.7. The molecule has 6 nitrogen and oxygen atoms in total. The minimum Gasteiger partial charge on any atom is -0.382 e. The van der Waals surface area contributed by atoms with E-state index >= 15 is 0 Å². The minimum atomic E-state index is -0.281. The zero-order valence-electron chi connectivity index (χ0n) is 13.9. The Morgan fingerprint density at radius 1 is 1.21 bits per heavy atom. The SMILES string of the molecule is Cc1ccc([C@@H](CNC(=O)c2nccnc2N)N2CCCC2)cc1. The number of carbonyl (C=O) groups excluding carboxylic acids is 1. The van der Waals surface area contributed by atoms with E-state index in [0.717, 1.165) is 13.1 Å². The fraction of sp³-hybridized carbons (Fsp3) is 0.389. The first-order valence-corrected chi connectivity index (χ1v) is 8.30. The molecule has 1 atom stereocenters. The number of nitrogens with two attached hydrogens (primary N) is 1. The van der Waals surface area contributed by atoms with E-state index in [2.05, 4.69) is 51.4 Å². The number of benzene rings is 1. The van der Waals surface area contributed by atoms with Gasteiger partial charge in [0.25, 0.3) is 5.91 Å². The van der Waals surface area contributed by atoms with Crippen molar-refractivity contribution in [1.29, 1.82) is 0 Å².